The summed E-state index contributed by atoms with van der Waals surface area (Å²) in [6.45, 7) is 16.2. The van der Waals surface area contributed by atoms with E-state index in [1.807, 2.05) is 0 Å². The third-order valence-electron chi connectivity index (χ3n) is 2.57. The monoisotopic (exact) mass is 258 g/mol. The molecule has 0 heterocycles. The summed E-state index contributed by atoms with van der Waals surface area (Å²) in [6, 6.07) is 0. The molecular weight excluding hydrogens is 228 g/mol. The number of allylic oxidation sites excluding steroid dienone is 1. The number of rotatable bonds is 7. The van der Waals surface area contributed by atoms with Gasteiger partial charge in [-0.1, -0.05) is 39.4 Å². The summed E-state index contributed by atoms with van der Waals surface area (Å²) in [6.07, 6.45) is 7.33. The van der Waals surface area contributed by atoms with Crippen LogP contribution in [-0.4, -0.2) is 16.4 Å². The van der Waals surface area contributed by atoms with E-state index in [1.54, 1.807) is 5.20 Å². The van der Waals surface area contributed by atoms with E-state index >= 15 is 0 Å². The Bertz CT molecular complexity index is 221. The summed E-state index contributed by atoms with van der Waals surface area (Å²) in [5.74, 6) is 0. The molecule has 0 bridgehead atoms. The Kier molecular flexibility index (Phi) is 6.64. The lowest BCUT2D eigenvalue weighted by Gasteiger charge is -2.24. The largest absolute Gasteiger partial charge is 0.550 e. The van der Waals surface area contributed by atoms with Crippen molar-refractivity contribution < 1.29 is 4.43 Å². The highest BCUT2D eigenvalue weighted by atomic mass is 28.4. The summed E-state index contributed by atoms with van der Waals surface area (Å²) in [5.41, 5.74) is 0. The maximum atomic E-state index is 5.96. The third kappa shape index (κ3) is 8.16. The molecule has 0 aliphatic rings. The van der Waals surface area contributed by atoms with Crippen LogP contribution in [0, 0.1) is 0 Å². The van der Waals surface area contributed by atoms with Crippen LogP contribution in [0.15, 0.2) is 11.5 Å². The van der Waals surface area contributed by atoms with Crippen molar-refractivity contribution in [1.29, 1.82) is 0 Å². The highest BCUT2D eigenvalue weighted by Gasteiger charge is 2.21. The van der Waals surface area contributed by atoms with Gasteiger partial charge in [-0.05, 0) is 37.7 Å². The summed E-state index contributed by atoms with van der Waals surface area (Å²) in [4.78, 5) is 0. The van der Waals surface area contributed by atoms with Crippen LogP contribution in [-0.2, 0) is 4.43 Å². The molecule has 3 heteroatoms. The quantitative estimate of drug-likeness (QED) is 0.347. The second kappa shape index (κ2) is 6.65. The van der Waals surface area contributed by atoms with Gasteiger partial charge in [-0.25, -0.2) is 0 Å². The minimum Gasteiger partial charge on any atom is -0.550 e. The van der Waals surface area contributed by atoms with E-state index in [0.29, 0.717) is 0 Å². The van der Waals surface area contributed by atoms with Gasteiger partial charge in [-0.2, -0.15) is 0 Å². The van der Waals surface area contributed by atoms with Gasteiger partial charge in [0.1, 0.15) is 0 Å². The van der Waals surface area contributed by atoms with E-state index in [1.165, 1.54) is 25.7 Å². The standard InChI is InChI=1S/C13H30OSi2/c1-8-9-10-11-13(15(2,3)4)12-14-16(5,6)7/h12H,8-11H2,1-7H3/b13-12-. The van der Waals surface area contributed by atoms with Crippen molar-refractivity contribution in [3.63, 3.8) is 0 Å². The molecule has 0 aliphatic carbocycles. The first-order chi connectivity index (χ1) is 7.17. The number of hydrogen-bond acceptors (Lipinski definition) is 1. The van der Waals surface area contributed by atoms with Crippen molar-refractivity contribution in [3.8, 4) is 0 Å². The molecule has 0 unspecified atom stereocenters. The van der Waals surface area contributed by atoms with Gasteiger partial charge in [-0.15, -0.1) is 0 Å². The van der Waals surface area contributed by atoms with Crippen LogP contribution in [0.3, 0.4) is 0 Å². The predicted molar refractivity (Wildman–Crippen MR) is 80.0 cm³/mol. The molecule has 0 aliphatic heterocycles. The number of unbranched alkanes of at least 4 members (excludes halogenated alkanes) is 2. The van der Waals surface area contributed by atoms with E-state index < -0.39 is 16.4 Å². The molecule has 0 saturated carbocycles. The maximum absolute atomic E-state index is 5.96. The van der Waals surface area contributed by atoms with E-state index in [2.05, 4.69) is 52.5 Å². The highest BCUT2D eigenvalue weighted by molar-refractivity contribution is 6.83. The molecule has 0 radical (unpaired) electrons. The van der Waals surface area contributed by atoms with Crippen LogP contribution in [0.2, 0.25) is 39.3 Å². The molecule has 0 aromatic heterocycles. The SMILES string of the molecule is CCCCC/C(=C/O[Si](C)(C)C)[Si](C)(C)C. The van der Waals surface area contributed by atoms with Crippen molar-refractivity contribution in [1.82, 2.24) is 0 Å². The fourth-order valence-electron chi connectivity index (χ4n) is 1.42. The zero-order valence-corrected chi connectivity index (χ0v) is 14.3. The van der Waals surface area contributed by atoms with Gasteiger partial charge in [-0.3, -0.25) is 0 Å². The van der Waals surface area contributed by atoms with Gasteiger partial charge in [0.25, 0.3) is 0 Å². The Morgan fingerprint density at radius 1 is 1.00 bits per heavy atom. The first kappa shape index (κ1) is 16.0. The Morgan fingerprint density at radius 2 is 1.56 bits per heavy atom. The minimum atomic E-state index is -1.40. The van der Waals surface area contributed by atoms with E-state index in [9.17, 15) is 0 Å². The summed E-state index contributed by atoms with van der Waals surface area (Å²) in [5, 5.41) is 1.60. The van der Waals surface area contributed by atoms with E-state index in [4.69, 9.17) is 4.43 Å². The third-order valence-corrected chi connectivity index (χ3v) is 5.69. The molecule has 0 fully saturated rings. The smallest absolute Gasteiger partial charge is 0.241 e. The van der Waals surface area contributed by atoms with Crippen molar-refractivity contribution in [2.75, 3.05) is 0 Å². The fourth-order valence-corrected chi connectivity index (χ4v) is 3.38. The lowest BCUT2D eigenvalue weighted by molar-refractivity contribution is 0.473. The zero-order valence-electron chi connectivity index (χ0n) is 12.3. The Labute approximate surface area is 104 Å². The second-order valence-electron chi connectivity index (χ2n) is 6.58. The fraction of sp³-hybridized carbons (Fsp3) is 0.846. The molecule has 0 saturated heterocycles. The van der Waals surface area contributed by atoms with Gasteiger partial charge in [0.2, 0.25) is 8.32 Å². The molecule has 0 rings (SSSR count). The summed E-state index contributed by atoms with van der Waals surface area (Å²) >= 11 is 0. The molecule has 16 heavy (non-hydrogen) atoms. The molecule has 0 spiro atoms. The zero-order chi connectivity index (χ0) is 12.8. The van der Waals surface area contributed by atoms with Crippen LogP contribution < -0.4 is 0 Å². The molecule has 0 aromatic rings. The molecule has 0 aromatic carbocycles. The maximum Gasteiger partial charge on any atom is 0.241 e. The molecule has 0 atom stereocenters. The Morgan fingerprint density at radius 3 is 1.94 bits per heavy atom. The van der Waals surface area contributed by atoms with Crippen molar-refractivity contribution in [2.45, 2.75) is 71.9 Å². The number of hydrogen-bond donors (Lipinski definition) is 0. The minimum absolute atomic E-state index is 1.18. The molecule has 1 nitrogen and oxygen atoms in total. The van der Waals surface area contributed by atoms with Crippen molar-refractivity contribution in [2.24, 2.45) is 0 Å². The lowest BCUT2D eigenvalue weighted by atomic mass is 10.2. The molecule has 96 valence electrons. The molecular formula is C13H30OSi2. The van der Waals surface area contributed by atoms with Crippen molar-refractivity contribution in [3.05, 3.63) is 11.5 Å². The van der Waals surface area contributed by atoms with Crippen LogP contribution in [0.25, 0.3) is 0 Å². The lowest BCUT2D eigenvalue weighted by Crippen LogP contribution is -2.27. The Hall–Kier alpha value is -0.0262. The summed E-state index contributed by atoms with van der Waals surface area (Å²) < 4.78 is 5.96. The normalized spacial score (nSPS) is 14.1. The first-order valence-electron chi connectivity index (χ1n) is 6.54. The topological polar surface area (TPSA) is 9.23 Å². The van der Waals surface area contributed by atoms with E-state index in [0.717, 1.165) is 0 Å². The predicted octanol–water partition coefficient (Wildman–Crippen LogP) is 5.18. The Balaban J connectivity index is 4.43. The van der Waals surface area contributed by atoms with Gasteiger partial charge in [0.15, 0.2) is 0 Å². The van der Waals surface area contributed by atoms with Gasteiger partial charge in [0, 0.05) is 0 Å². The van der Waals surface area contributed by atoms with Crippen LogP contribution >= 0.6 is 0 Å². The molecule has 0 N–H and O–H groups in total. The van der Waals surface area contributed by atoms with Gasteiger partial charge >= 0.3 is 0 Å². The molecule has 0 amide bonds. The van der Waals surface area contributed by atoms with E-state index in [-0.39, 0.29) is 0 Å². The first-order valence-corrected chi connectivity index (χ1v) is 13.4. The highest BCUT2D eigenvalue weighted by Crippen LogP contribution is 2.22. The van der Waals surface area contributed by atoms with Crippen LogP contribution in [0.4, 0.5) is 0 Å². The van der Waals surface area contributed by atoms with Crippen molar-refractivity contribution >= 4 is 16.4 Å². The summed E-state index contributed by atoms with van der Waals surface area (Å²) in [7, 11) is -2.58. The van der Waals surface area contributed by atoms with Crippen LogP contribution in [0.5, 0.6) is 0 Å². The van der Waals surface area contributed by atoms with Gasteiger partial charge < -0.3 is 4.43 Å². The average Bonchev–Trinajstić information content (AvgIpc) is 2.07. The second-order valence-corrected chi connectivity index (χ2v) is 16.2. The van der Waals surface area contributed by atoms with Gasteiger partial charge in [0.05, 0.1) is 14.3 Å². The average molecular weight is 259 g/mol. The van der Waals surface area contributed by atoms with Crippen LogP contribution in [0.1, 0.15) is 32.6 Å².